The number of halogens is 1. The van der Waals surface area contributed by atoms with Crippen LogP contribution in [0.25, 0.3) is 0 Å². The zero-order valence-electron chi connectivity index (χ0n) is 11.4. The van der Waals surface area contributed by atoms with Gasteiger partial charge in [0.25, 0.3) is 5.91 Å². The number of carbonyl (C=O) groups excluding carboxylic acids is 1. The number of anilines is 1. The molecule has 1 saturated heterocycles. The van der Waals surface area contributed by atoms with Gasteiger partial charge in [-0.25, -0.2) is 0 Å². The summed E-state index contributed by atoms with van der Waals surface area (Å²) in [6.45, 7) is 3.02. The molecule has 19 heavy (non-hydrogen) atoms. The maximum absolute atomic E-state index is 12.7. The maximum atomic E-state index is 12.7. The normalized spacial score (nSPS) is 20.1. The molecular weight excluding hydrogens is 304 g/mol. The first-order valence-electron chi connectivity index (χ1n) is 7.00. The first kappa shape index (κ1) is 14.4. The summed E-state index contributed by atoms with van der Waals surface area (Å²) in [6, 6.07) is 5.86. The second-order valence-corrected chi connectivity index (χ2v) is 5.91. The molecule has 0 aromatic heterocycles. The van der Waals surface area contributed by atoms with Crippen molar-refractivity contribution in [2.75, 3.05) is 12.3 Å². The molecule has 1 aromatic rings. The smallest absolute Gasteiger partial charge is 0.255 e. The van der Waals surface area contributed by atoms with Crippen molar-refractivity contribution in [2.45, 2.75) is 45.1 Å². The van der Waals surface area contributed by atoms with Crippen LogP contribution in [0.2, 0.25) is 0 Å². The fourth-order valence-corrected chi connectivity index (χ4v) is 3.17. The van der Waals surface area contributed by atoms with Crippen LogP contribution in [0.1, 0.15) is 49.4 Å². The Hall–Kier alpha value is -1.03. The van der Waals surface area contributed by atoms with Crippen molar-refractivity contribution in [1.29, 1.82) is 0 Å². The third kappa shape index (κ3) is 3.11. The number of hydrogen-bond acceptors (Lipinski definition) is 2. The van der Waals surface area contributed by atoms with Crippen LogP contribution in [-0.4, -0.2) is 23.4 Å². The maximum Gasteiger partial charge on any atom is 0.255 e. The summed E-state index contributed by atoms with van der Waals surface area (Å²) < 4.78 is 0.721. The van der Waals surface area contributed by atoms with Crippen molar-refractivity contribution in [3.63, 3.8) is 0 Å². The lowest BCUT2D eigenvalue weighted by Gasteiger charge is -2.29. The van der Waals surface area contributed by atoms with Gasteiger partial charge in [-0.2, -0.15) is 0 Å². The SMILES string of the molecule is CCC1CCCCCN1C(=O)c1cccc(N)c1Br. The zero-order valence-corrected chi connectivity index (χ0v) is 12.9. The number of hydrogen-bond donors (Lipinski definition) is 1. The van der Waals surface area contributed by atoms with Crippen LogP contribution >= 0.6 is 15.9 Å². The third-order valence-electron chi connectivity index (χ3n) is 3.87. The summed E-state index contributed by atoms with van der Waals surface area (Å²) in [4.78, 5) is 14.8. The molecule has 1 aliphatic rings. The molecular formula is C15H21BrN2O. The molecule has 2 rings (SSSR count). The molecule has 3 nitrogen and oxygen atoms in total. The van der Waals surface area contributed by atoms with E-state index in [0.29, 0.717) is 17.3 Å². The topological polar surface area (TPSA) is 46.3 Å². The average molecular weight is 325 g/mol. The molecule has 0 saturated carbocycles. The van der Waals surface area contributed by atoms with Gasteiger partial charge in [0.05, 0.1) is 10.0 Å². The molecule has 1 fully saturated rings. The lowest BCUT2D eigenvalue weighted by atomic mass is 10.1. The van der Waals surface area contributed by atoms with Crippen LogP contribution in [-0.2, 0) is 0 Å². The van der Waals surface area contributed by atoms with E-state index in [1.807, 2.05) is 17.0 Å². The van der Waals surface area contributed by atoms with Gasteiger partial charge in [-0.1, -0.05) is 25.8 Å². The Balaban J connectivity index is 2.28. The van der Waals surface area contributed by atoms with Crippen LogP contribution in [0, 0.1) is 0 Å². The van der Waals surface area contributed by atoms with Gasteiger partial charge in [0.15, 0.2) is 0 Å². The van der Waals surface area contributed by atoms with E-state index in [1.165, 1.54) is 12.8 Å². The van der Waals surface area contributed by atoms with Crippen LogP contribution in [0.3, 0.4) is 0 Å². The van der Waals surface area contributed by atoms with Gasteiger partial charge in [-0.3, -0.25) is 4.79 Å². The van der Waals surface area contributed by atoms with E-state index in [4.69, 9.17) is 5.73 Å². The third-order valence-corrected chi connectivity index (χ3v) is 4.75. The molecule has 1 aliphatic heterocycles. The van der Waals surface area contributed by atoms with E-state index in [-0.39, 0.29) is 5.91 Å². The molecule has 1 unspecified atom stereocenters. The number of nitrogens with zero attached hydrogens (tertiary/aromatic N) is 1. The van der Waals surface area contributed by atoms with E-state index >= 15 is 0 Å². The molecule has 1 amide bonds. The molecule has 4 heteroatoms. The number of nitrogens with two attached hydrogens (primary N) is 1. The van der Waals surface area contributed by atoms with Gasteiger partial charge in [0.2, 0.25) is 0 Å². The fourth-order valence-electron chi connectivity index (χ4n) is 2.74. The number of amides is 1. The number of likely N-dealkylation sites (tertiary alicyclic amines) is 1. The second kappa shape index (κ2) is 6.42. The van der Waals surface area contributed by atoms with Crippen LogP contribution in [0.15, 0.2) is 22.7 Å². The van der Waals surface area contributed by atoms with Gasteiger partial charge in [0, 0.05) is 18.3 Å². The summed E-state index contributed by atoms with van der Waals surface area (Å²) in [5.74, 6) is 0.105. The first-order chi connectivity index (χ1) is 9.15. The van der Waals surface area contributed by atoms with Gasteiger partial charge < -0.3 is 10.6 Å². The van der Waals surface area contributed by atoms with E-state index in [9.17, 15) is 4.79 Å². The van der Waals surface area contributed by atoms with Gasteiger partial charge in [0.1, 0.15) is 0 Å². The summed E-state index contributed by atoms with van der Waals surface area (Å²) in [5, 5.41) is 0. The Labute approximate surface area is 123 Å². The van der Waals surface area contributed by atoms with Gasteiger partial charge in [-0.15, -0.1) is 0 Å². The molecule has 0 radical (unpaired) electrons. The van der Waals surface area contributed by atoms with E-state index in [2.05, 4.69) is 22.9 Å². The second-order valence-electron chi connectivity index (χ2n) is 5.12. The highest BCUT2D eigenvalue weighted by atomic mass is 79.9. The van der Waals surface area contributed by atoms with Crippen LogP contribution in [0.4, 0.5) is 5.69 Å². The fraction of sp³-hybridized carbons (Fsp3) is 0.533. The number of rotatable bonds is 2. The largest absolute Gasteiger partial charge is 0.398 e. The van der Waals surface area contributed by atoms with Crippen molar-refractivity contribution >= 4 is 27.5 Å². The van der Waals surface area contributed by atoms with Crippen molar-refractivity contribution < 1.29 is 4.79 Å². The summed E-state index contributed by atoms with van der Waals surface area (Å²) in [5.41, 5.74) is 7.17. The van der Waals surface area contributed by atoms with Crippen molar-refractivity contribution in [2.24, 2.45) is 0 Å². The van der Waals surface area contributed by atoms with Crippen molar-refractivity contribution in [1.82, 2.24) is 4.90 Å². The minimum absolute atomic E-state index is 0.105. The Bertz CT molecular complexity index is 461. The summed E-state index contributed by atoms with van der Waals surface area (Å²) in [7, 11) is 0. The molecule has 104 valence electrons. The number of benzene rings is 1. The van der Waals surface area contributed by atoms with Crippen LogP contribution < -0.4 is 5.73 Å². The monoisotopic (exact) mass is 324 g/mol. The van der Waals surface area contributed by atoms with E-state index in [0.717, 1.165) is 30.3 Å². The van der Waals surface area contributed by atoms with Crippen molar-refractivity contribution in [3.05, 3.63) is 28.2 Å². The lowest BCUT2D eigenvalue weighted by molar-refractivity contribution is 0.0677. The lowest BCUT2D eigenvalue weighted by Crippen LogP contribution is -2.39. The molecule has 0 bridgehead atoms. The van der Waals surface area contributed by atoms with E-state index < -0.39 is 0 Å². The summed E-state index contributed by atoms with van der Waals surface area (Å²) >= 11 is 3.44. The Morgan fingerprint density at radius 2 is 2.21 bits per heavy atom. The quantitative estimate of drug-likeness (QED) is 0.840. The van der Waals surface area contributed by atoms with Crippen molar-refractivity contribution in [3.8, 4) is 0 Å². The highest BCUT2D eigenvalue weighted by Crippen LogP contribution is 2.28. The van der Waals surface area contributed by atoms with Gasteiger partial charge >= 0.3 is 0 Å². The predicted octanol–water partition coefficient (Wildman–Crippen LogP) is 3.83. The zero-order chi connectivity index (χ0) is 13.8. The molecule has 1 atom stereocenters. The minimum Gasteiger partial charge on any atom is -0.398 e. The Morgan fingerprint density at radius 1 is 1.42 bits per heavy atom. The molecule has 1 aromatic carbocycles. The summed E-state index contributed by atoms with van der Waals surface area (Å²) in [6.07, 6.45) is 5.68. The van der Waals surface area contributed by atoms with Gasteiger partial charge in [-0.05, 0) is 47.3 Å². The Kier molecular flexibility index (Phi) is 4.86. The molecule has 1 heterocycles. The molecule has 2 N–H and O–H groups in total. The molecule has 0 aliphatic carbocycles. The van der Waals surface area contributed by atoms with Crippen LogP contribution in [0.5, 0.6) is 0 Å². The number of nitrogen functional groups attached to an aromatic ring is 1. The van der Waals surface area contributed by atoms with E-state index in [1.54, 1.807) is 6.07 Å². The highest BCUT2D eigenvalue weighted by molar-refractivity contribution is 9.10. The highest BCUT2D eigenvalue weighted by Gasteiger charge is 2.26. The molecule has 0 spiro atoms. The predicted molar refractivity (Wildman–Crippen MR) is 82.1 cm³/mol. The minimum atomic E-state index is 0.105. The standard InChI is InChI=1S/C15H21BrN2O/c1-2-11-7-4-3-5-10-18(11)15(19)12-8-6-9-13(17)14(12)16/h6,8-9,11H,2-5,7,10,17H2,1H3. The number of carbonyl (C=O) groups is 1. The Morgan fingerprint density at radius 3 is 2.95 bits per heavy atom. The first-order valence-corrected chi connectivity index (χ1v) is 7.79. The average Bonchev–Trinajstić information content (AvgIpc) is 2.66.